The lowest BCUT2D eigenvalue weighted by Crippen LogP contribution is -2.25. The number of nitrogens with zero attached hydrogens (tertiary/aromatic N) is 1. The Morgan fingerprint density at radius 2 is 2.27 bits per heavy atom. The fraction of sp³-hybridized carbons (Fsp3) is 0.429. The second kappa shape index (κ2) is 4.78. The summed E-state index contributed by atoms with van der Waals surface area (Å²) in [6.45, 7) is 1.52. The fourth-order valence-electron chi connectivity index (χ4n) is 0.710. The van der Waals surface area contributed by atoms with Gasteiger partial charge in [0.25, 0.3) is 5.56 Å². The molecule has 1 aromatic heterocycles. The Kier molecular flexibility index (Phi) is 3.67. The standard InChI is InChI=1S/C7H9N3O4S/c1-3(6(12)13)2-15-5-4(11)8-7(14)10-9-5/h3H,2H2,1H3,(H,12,13)(H2,8,10,11,14). The molecule has 7 nitrogen and oxygen atoms in total. The zero-order chi connectivity index (χ0) is 11.4. The van der Waals surface area contributed by atoms with Crippen molar-refractivity contribution in [3.8, 4) is 0 Å². The van der Waals surface area contributed by atoms with E-state index >= 15 is 0 Å². The molecule has 1 unspecified atom stereocenters. The van der Waals surface area contributed by atoms with Crippen LogP contribution in [0.2, 0.25) is 0 Å². The Bertz CT molecular complexity index is 466. The van der Waals surface area contributed by atoms with Crippen molar-refractivity contribution >= 4 is 17.7 Å². The third kappa shape index (κ3) is 3.24. The highest BCUT2D eigenvalue weighted by Gasteiger charge is 2.13. The van der Waals surface area contributed by atoms with E-state index in [9.17, 15) is 14.4 Å². The maximum atomic E-state index is 11.1. The minimum absolute atomic E-state index is 0.0581. The van der Waals surface area contributed by atoms with E-state index in [4.69, 9.17) is 5.11 Å². The number of H-pyrrole nitrogens is 2. The molecule has 1 atom stereocenters. The lowest BCUT2D eigenvalue weighted by Gasteiger charge is -2.03. The van der Waals surface area contributed by atoms with Gasteiger partial charge in [0.1, 0.15) is 0 Å². The van der Waals surface area contributed by atoms with Gasteiger partial charge >= 0.3 is 11.7 Å². The molecule has 0 spiro atoms. The molecule has 0 aromatic carbocycles. The van der Waals surface area contributed by atoms with Crippen molar-refractivity contribution in [2.45, 2.75) is 11.9 Å². The second-order valence-corrected chi connectivity index (χ2v) is 3.87. The van der Waals surface area contributed by atoms with Crippen LogP contribution in [-0.2, 0) is 4.79 Å². The normalized spacial score (nSPS) is 12.3. The van der Waals surface area contributed by atoms with E-state index in [0.29, 0.717) is 0 Å². The number of thioether (sulfide) groups is 1. The average molecular weight is 231 g/mol. The Balaban J connectivity index is 2.70. The van der Waals surface area contributed by atoms with Gasteiger partial charge in [-0.1, -0.05) is 18.7 Å². The van der Waals surface area contributed by atoms with Crippen LogP contribution in [0.4, 0.5) is 0 Å². The van der Waals surface area contributed by atoms with Crippen molar-refractivity contribution < 1.29 is 9.90 Å². The molecule has 0 aliphatic rings. The molecule has 0 fully saturated rings. The average Bonchev–Trinajstić information content (AvgIpc) is 2.15. The summed E-state index contributed by atoms with van der Waals surface area (Å²) in [6, 6.07) is 0. The minimum Gasteiger partial charge on any atom is -0.481 e. The first-order valence-corrected chi connectivity index (χ1v) is 5.04. The van der Waals surface area contributed by atoms with Crippen molar-refractivity contribution in [3.63, 3.8) is 0 Å². The summed E-state index contributed by atoms with van der Waals surface area (Å²) in [5, 5.41) is 14.2. The van der Waals surface area contributed by atoms with E-state index in [1.807, 2.05) is 4.98 Å². The van der Waals surface area contributed by atoms with Crippen molar-refractivity contribution in [3.05, 3.63) is 20.8 Å². The van der Waals surface area contributed by atoms with Gasteiger partial charge in [-0.2, -0.15) is 5.10 Å². The SMILES string of the molecule is CC(CSc1n[nH]c(=O)[nH]c1=O)C(=O)O. The largest absolute Gasteiger partial charge is 0.481 e. The summed E-state index contributed by atoms with van der Waals surface area (Å²) in [7, 11) is 0. The molecule has 3 N–H and O–H groups in total. The minimum atomic E-state index is -0.941. The molecule has 0 saturated carbocycles. The Labute approximate surface area is 87.9 Å². The maximum Gasteiger partial charge on any atom is 0.342 e. The predicted molar refractivity (Wildman–Crippen MR) is 53.0 cm³/mol. The van der Waals surface area contributed by atoms with Gasteiger partial charge in [-0.25, -0.2) is 9.89 Å². The molecule has 1 heterocycles. The number of hydrogen-bond donors (Lipinski definition) is 3. The molecule has 0 bridgehead atoms. The molecule has 0 saturated heterocycles. The van der Waals surface area contributed by atoms with E-state index in [2.05, 4.69) is 10.2 Å². The highest BCUT2D eigenvalue weighted by atomic mass is 32.2. The van der Waals surface area contributed by atoms with Crippen molar-refractivity contribution in [2.75, 3.05) is 5.75 Å². The van der Waals surface area contributed by atoms with Crippen molar-refractivity contribution in [1.29, 1.82) is 0 Å². The monoisotopic (exact) mass is 231 g/mol. The Morgan fingerprint density at radius 1 is 1.60 bits per heavy atom. The van der Waals surface area contributed by atoms with Crippen LogP contribution < -0.4 is 11.2 Å². The number of carboxylic acids is 1. The van der Waals surface area contributed by atoms with Crippen LogP contribution in [0.15, 0.2) is 14.6 Å². The van der Waals surface area contributed by atoms with Crippen LogP contribution in [0.5, 0.6) is 0 Å². The number of aromatic amines is 2. The lowest BCUT2D eigenvalue weighted by molar-refractivity contribution is -0.140. The summed E-state index contributed by atoms with van der Waals surface area (Å²) in [4.78, 5) is 34.2. The van der Waals surface area contributed by atoms with E-state index in [1.54, 1.807) is 0 Å². The highest BCUT2D eigenvalue weighted by Crippen LogP contribution is 2.13. The topological polar surface area (TPSA) is 116 Å². The maximum absolute atomic E-state index is 11.1. The fourth-order valence-corrected chi connectivity index (χ4v) is 1.55. The number of carbonyl (C=O) groups is 1. The molecular weight excluding hydrogens is 222 g/mol. The van der Waals surface area contributed by atoms with Crippen LogP contribution >= 0.6 is 11.8 Å². The first-order chi connectivity index (χ1) is 7.00. The lowest BCUT2D eigenvalue weighted by atomic mass is 10.2. The van der Waals surface area contributed by atoms with E-state index in [0.717, 1.165) is 11.8 Å². The molecule has 82 valence electrons. The molecular formula is C7H9N3O4S. The third-order valence-electron chi connectivity index (χ3n) is 1.57. The number of hydrogen-bond acceptors (Lipinski definition) is 5. The van der Waals surface area contributed by atoms with Gasteiger partial charge in [0.05, 0.1) is 5.92 Å². The van der Waals surface area contributed by atoms with Gasteiger partial charge in [0.15, 0.2) is 5.03 Å². The third-order valence-corrected chi connectivity index (χ3v) is 2.79. The quantitative estimate of drug-likeness (QED) is 0.588. The molecule has 0 amide bonds. The van der Waals surface area contributed by atoms with Crippen molar-refractivity contribution in [2.24, 2.45) is 5.92 Å². The number of aromatic nitrogens is 3. The van der Waals surface area contributed by atoms with Crippen molar-refractivity contribution in [1.82, 2.24) is 15.2 Å². The van der Waals surface area contributed by atoms with Gasteiger partial charge in [0, 0.05) is 5.75 Å². The van der Waals surface area contributed by atoms with Crippen LogP contribution in [0.3, 0.4) is 0 Å². The molecule has 1 aromatic rings. The number of aliphatic carboxylic acids is 1. The van der Waals surface area contributed by atoms with Gasteiger partial charge in [-0.3, -0.25) is 14.6 Å². The van der Waals surface area contributed by atoms with E-state index in [1.165, 1.54) is 6.92 Å². The number of carboxylic acid groups (broad SMARTS) is 1. The van der Waals surface area contributed by atoms with Crippen LogP contribution in [0.1, 0.15) is 6.92 Å². The molecule has 0 aliphatic heterocycles. The van der Waals surface area contributed by atoms with E-state index in [-0.39, 0.29) is 10.8 Å². The Hall–Kier alpha value is -1.57. The summed E-state index contributed by atoms with van der Waals surface area (Å²) >= 11 is 0.986. The molecule has 0 aliphatic carbocycles. The van der Waals surface area contributed by atoms with Gasteiger partial charge < -0.3 is 5.11 Å². The Morgan fingerprint density at radius 3 is 2.80 bits per heavy atom. The first-order valence-electron chi connectivity index (χ1n) is 4.05. The van der Waals surface area contributed by atoms with Crippen LogP contribution in [-0.4, -0.2) is 32.0 Å². The van der Waals surface area contributed by atoms with Gasteiger partial charge in [-0.15, -0.1) is 0 Å². The van der Waals surface area contributed by atoms with Crippen LogP contribution in [0.25, 0.3) is 0 Å². The summed E-state index contributed by atoms with van der Waals surface area (Å²) in [5.41, 5.74) is -1.29. The summed E-state index contributed by atoms with van der Waals surface area (Å²) in [5.74, 6) is -1.30. The zero-order valence-corrected chi connectivity index (χ0v) is 8.63. The molecule has 1 rings (SSSR count). The second-order valence-electron chi connectivity index (χ2n) is 2.86. The van der Waals surface area contributed by atoms with Crippen LogP contribution in [0, 0.1) is 5.92 Å². The predicted octanol–water partition coefficient (Wildman–Crippen LogP) is -0.729. The zero-order valence-electron chi connectivity index (χ0n) is 7.81. The van der Waals surface area contributed by atoms with E-state index < -0.39 is 23.1 Å². The highest BCUT2D eigenvalue weighted by molar-refractivity contribution is 7.99. The summed E-state index contributed by atoms with van der Waals surface area (Å²) in [6.07, 6.45) is 0. The molecule has 0 radical (unpaired) electrons. The number of rotatable bonds is 4. The first kappa shape index (κ1) is 11.5. The number of nitrogens with one attached hydrogen (secondary N) is 2. The smallest absolute Gasteiger partial charge is 0.342 e. The van der Waals surface area contributed by atoms with Gasteiger partial charge in [0.2, 0.25) is 0 Å². The molecule has 15 heavy (non-hydrogen) atoms. The van der Waals surface area contributed by atoms with Gasteiger partial charge in [-0.05, 0) is 0 Å². The summed E-state index contributed by atoms with van der Waals surface area (Å²) < 4.78 is 0. The molecule has 8 heteroatoms.